The topological polar surface area (TPSA) is 24.9 Å². The van der Waals surface area contributed by atoms with Crippen LogP contribution in [0, 0.1) is 6.92 Å². The van der Waals surface area contributed by atoms with Gasteiger partial charge in [-0.25, -0.2) is 4.98 Å². The monoisotopic (exact) mass is 338 g/mol. The molecule has 1 N–H and O–H groups in total. The lowest BCUT2D eigenvalue weighted by Gasteiger charge is -2.19. The minimum absolute atomic E-state index is 0.345. The van der Waals surface area contributed by atoms with Crippen molar-refractivity contribution in [3.8, 4) is 0 Å². The highest BCUT2D eigenvalue weighted by Crippen LogP contribution is 2.24. The summed E-state index contributed by atoms with van der Waals surface area (Å²) in [4.78, 5) is 4.40. The molecule has 0 aliphatic rings. The number of benzene rings is 1. The van der Waals surface area contributed by atoms with Gasteiger partial charge in [0.1, 0.15) is 0 Å². The summed E-state index contributed by atoms with van der Waals surface area (Å²) >= 11 is 5.29. The number of nitrogens with zero attached hydrogens (tertiary/aromatic N) is 1. The Bertz CT molecular complexity index is 511. The van der Waals surface area contributed by atoms with Crippen LogP contribution in [0.15, 0.2) is 34.2 Å². The molecule has 0 fully saturated rings. The molecule has 0 saturated carbocycles. The maximum Gasteiger partial charge on any atom is 0.0943 e. The molecule has 0 bridgehead atoms. The molecule has 0 aliphatic heterocycles. The zero-order valence-corrected chi connectivity index (χ0v) is 13.7. The summed E-state index contributed by atoms with van der Waals surface area (Å²) in [6.45, 7) is 5.36. The third kappa shape index (κ3) is 4.13. The van der Waals surface area contributed by atoms with Crippen molar-refractivity contribution in [2.45, 2.75) is 32.7 Å². The summed E-state index contributed by atoms with van der Waals surface area (Å²) < 4.78 is 1.17. The fourth-order valence-electron chi connectivity index (χ4n) is 2.04. The van der Waals surface area contributed by atoms with Crippen molar-refractivity contribution in [1.29, 1.82) is 0 Å². The zero-order valence-electron chi connectivity index (χ0n) is 11.3. The highest BCUT2D eigenvalue weighted by Gasteiger charge is 2.13. The van der Waals surface area contributed by atoms with Crippen LogP contribution in [0.3, 0.4) is 0 Å². The molecule has 1 aromatic carbocycles. The quantitative estimate of drug-likeness (QED) is 0.838. The third-order valence-corrected chi connectivity index (χ3v) is 4.78. The van der Waals surface area contributed by atoms with Gasteiger partial charge in [-0.3, -0.25) is 0 Å². The number of hydrogen-bond acceptors (Lipinski definition) is 3. The van der Waals surface area contributed by atoms with Gasteiger partial charge >= 0.3 is 0 Å². The molecule has 2 aromatic rings. The van der Waals surface area contributed by atoms with Crippen molar-refractivity contribution in [1.82, 2.24) is 10.3 Å². The highest BCUT2D eigenvalue weighted by molar-refractivity contribution is 9.10. The van der Waals surface area contributed by atoms with E-state index in [9.17, 15) is 0 Å². The lowest BCUT2D eigenvalue weighted by Crippen LogP contribution is -2.24. The van der Waals surface area contributed by atoms with Gasteiger partial charge in [-0.05, 0) is 37.1 Å². The molecule has 0 amide bonds. The van der Waals surface area contributed by atoms with E-state index in [0.29, 0.717) is 6.04 Å². The summed E-state index contributed by atoms with van der Waals surface area (Å²) in [6.07, 6.45) is 3.98. The summed E-state index contributed by atoms with van der Waals surface area (Å²) in [6, 6.07) is 6.92. The highest BCUT2D eigenvalue weighted by atomic mass is 79.9. The second-order valence-electron chi connectivity index (χ2n) is 4.65. The van der Waals surface area contributed by atoms with E-state index in [0.717, 1.165) is 19.4 Å². The summed E-state index contributed by atoms with van der Waals surface area (Å²) in [5.41, 5.74) is 2.62. The van der Waals surface area contributed by atoms with Crippen molar-refractivity contribution in [2.24, 2.45) is 0 Å². The van der Waals surface area contributed by atoms with Gasteiger partial charge in [-0.2, -0.15) is 0 Å². The molecule has 1 atom stereocenters. The number of thiazole rings is 1. The molecule has 1 unspecified atom stereocenters. The molecular formula is C15H19BrN2S. The second kappa shape index (κ2) is 7.17. The summed E-state index contributed by atoms with van der Waals surface area (Å²) in [7, 11) is 0. The second-order valence-corrected chi connectivity index (χ2v) is 6.48. The molecule has 0 saturated heterocycles. The van der Waals surface area contributed by atoms with Crippen LogP contribution < -0.4 is 5.32 Å². The first kappa shape index (κ1) is 14.7. The Morgan fingerprint density at radius 3 is 2.89 bits per heavy atom. The molecule has 1 aromatic heterocycles. The predicted molar refractivity (Wildman–Crippen MR) is 85.7 cm³/mol. The standard InChI is InChI=1S/C15H19BrN2S/c1-3-6-17-14(10-15-18-7-8-19-15)12-4-5-13(16)11(2)9-12/h4-5,7-9,14,17H,3,6,10H2,1-2H3. The first-order valence-electron chi connectivity index (χ1n) is 6.58. The van der Waals surface area contributed by atoms with Crippen LogP contribution in [0.4, 0.5) is 0 Å². The Balaban J connectivity index is 2.18. The zero-order chi connectivity index (χ0) is 13.7. The SMILES string of the molecule is CCCNC(Cc1nccs1)c1ccc(Br)c(C)c1. The molecule has 19 heavy (non-hydrogen) atoms. The first-order valence-corrected chi connectivity index (χ1v) is 8.25. The number of rotatable bonds is 6. The van der Waals surface area contributed by atoms with Gasteiger partial charge in [0.2, 0.25) is 0 Å². The number of aryl methyl sites for hydroxylation is 1. The van der Waals surface area contributed by atoms with Gasteiger partial charge in [0.15, 0.2) is 0 Å². The van der Waals surface area contributed by atoms with E-state index in [1.54, 1.807) is 11.3 Å². The minimum Gasteiger partial charge on any atom is -0.310 e. The van der Waals surface area contributed by atoms with Gasteiger partial charge in [-0.1, -0.05) is 35.0 Å². The average molecular weight is 339 g/mol. The smallest absolute Gasteiger partial charge is 0.0943 e. The van der Waals surface area contributed by atoms with Gasteiger partial charge in [-0.15, -0.1) is 11.3 Å². The van der Waals surface area contributed by atoms with Crippen LogP contribution in [0.2, 0.25) is 0 Å². The van der Waals surface area contributed by atoms with E-state index < -0.39 is 0 Å². The molecule has 4 heteroatoms. The fourth-order valence-corrected chi connectivity index (χ4v) is 2.95. The van der Waals surface area contributed by atoms with Crippen LogP contribution in [0.5, 0.6) is 0 Å². The van der Waals surface area contributed by atoms with Gasteiger partial charge in [0, 0.05) is 28.5 Å². The van der Waals surface area contributed by atoms with E-state index in [1.807, 2.05) is 11.6 Å². The lowest BCUT2D eigenvalue weighted by molar-refractivity contribution is 0.528. The normalized spacial score (nSPS) is 12.6. The number of hydrogen-bond donors (Lipinski definition) is 1. The Morgan fingerprint density at radius 2 is 2.26 bits per heavy atom. The first-order chi connectivity index (χ1) is 9.20. The van der Waals surface area contributed by atoms with Crippen LogP contribution in [0.25, 0.3) is 0 Å². The Kier molecular flexibility index (Phi) is 5.55. The van der Waals surface area contributed by atoms with E-state index in [2.05, 4.69) is 58.3 Å². The number of halogens is 1. The van der Waals surface area contributed by atoms with Crippen molar-refractivity contribution in [3.63, 3.8) is 0 Å². The average Bonchev–Trinajstić information content (AvgIpc) is 2.91. The molecule has 1 heterocycles. The van der Waals surface area contributed by atoms with Crippen LogP contribution in [0.1, 0.15) is 35.5 Å². The molecule has 102 valence electrons. The van der Waals surface area contributed by atoms with E-state index in [-0.39, 0.29) is 0 Å². The molecular weight excluding hydrogens is 320 g/mol. The summed E-state index contributed by atoms with van der Waals surface area (Å²) in [5.74, 6) is 0. The van der Waals surface area contributed by atoms with Crippen LogP contribution >= 0.6 is 27.3 Å². The van der Waals surface area contributed by atoms with Crippen molar-refractivity contribution in [2.75, 3.05) is 6.54 Å². The van der Waals surface area contributed by atoms with E-state index in [1.165, 1.54) is 20.6 Å². The molecule has 2 nitrogen and oxygen atoms in total. The van der Waals surface area contributed by atoms with Crippen molar-refractivity contribution >= 4 is 27.3 Å². The number of aromatic nitrogens is 1. The fraction of sp³-hybridized carbons (Fsp3) is 0.400. The van der Waals surface area contributed by atoms with Gasteiger partial charge < -0.3 is 5.32 Å². The lowest BCUT2D eigenvalue weighted by atomic mass is 10.0. The predicted octanol–water partition coefficient (Wildman–Crippen LogP) is 4.50. The third-order valence-electron chi connectivity index (χ3n) is 3.09. The molecule has 0 radical (unpaired) electrons. The Hall–Kier alpha value is -0.710. The minimum atomic E-state index is 0.345. The van der Waals surface area contributed by atoms with E-state index in [4.69, 9.17) is 0 Å². The Labute approximate surface area is 127 Å². The molecule has 0 spiro atoms. The largest absolute Gasteiger partial charge is 0.310 e. The number of nitrogens with one attached hydrogen (secondary N) is 1. The van der Waals surface area contributed by atoms with E-state index >= 15 is 0 Å². The van der Waals surface area contributed by atoms with Gasteiger partial charge in [0.05, 0.1) is 5.01 Å². The van der Waals surface area contributed by atoms with Crippen molar-refractivity contribution < 1.29 is 0 Å². The van der Waals surface area contributed by atoms with Crippen LogP contribution in [-0.2, 0) is 6.42 Å². The van der Waals surface area contributed by atoms with Crippen LogP contribution in [-0.4, -0.2) is 11.5 Å². The maximum atomic E-state index is 4.40. The van der Waals surface area contributed by atoms with Crippen molar-refractivity contribution in [3.05, 3.63) is 50.4 Å². The molecule has 0 aliphatic carbocycles. The molecule has 2 rings (SSSR count). The van der Waals surface area contributed by atoms with Gasteiger partial charge in [0.25, 0.3) is 0 Å². The maximum absolute atomic E-state index is 4.40. The summed E-state index contributed by atoms with van der Waals surface area (Å²) in [5, 5.41) is 6.85. The Morgan fingerprint density at radius 1 is 1.42 bits per heavy atom.